The Morgan fingerprint density at radius 2 is 1.82 bits per heavy atom. The first-order valence-corrected chi connectivity index (χ1v) is 18.0. The number of nitrogens with zero attached hydrogens (tertiary/aromatic N) is 3. The van der Waals surface area contributed by atoms with Crippen LogP contribution in [0.3, 0.4) is 0 Å². The molecular formula is C33H59N7O5. The highest BCUT2D eigenvalue weighted by Gasteiger charge is 2.39. The van der Waals surface area contributed by atoms with Crippen LogP contribution in [0.25, 0.3) is 0 Å². The van der Waals surface area contributed by atoms with Crippen LogP contribution < -0.4 is 21.3 Å². The number of carbonyl (C=O) groups is 2. The first-order chi connectivity index (χ1) is 21.8. The molecule has 12 nitrogen and oxygen atoms in total. The lowest BCUT2D eigenvalue weighted by atomic mass is 9.74. The molecule has 9 unspecified atom stereocenters. The van der Waals surface area contributed by atoms with E-state index in [1.54, 1.807) is 6.92 Å². The van der Waals surface area contributed by atoms with E-state index in [4.69, 9.17) is 9.47 Å². The van der Waals surface area contributed by atoms with E-state index in [1.807, 2.05) is 4.90 Å². The Bertz CT molecular complexity index is 979. The van der Waals surface area contributed by atoms with Crippen molar-refractivity contribution in [2.24, 2.45) is 11.8 Å². The molecule has 1 aliphatic carbocycles. The summed E-state index contributed by atoms with van der Waals surface area (Å²) < 4.78 is 12.0. The third-order valence-corrected chi connectivity index (χ3v) is 11.5. The standard InChI is InChI=1S/C33H59N7O5/c1-22-31(45-21-35-22)20-44-29-7-6-25-16-38(11-8-24(25)12-29)19-28(42)15-34-33(43)30-13-26(36-27-17-40(18-27)23(2)41)14-32(37-30)39-9-4-3-5-10-39/h22,24-32,35-37,42H,3-21H2,1-2H3,(H,34,43). The number of hydrogen-bond acceptors (Lipinski definition) is 10. The lowest BCUT2D eigenvalue weighted by Crippen LogP contribution is -2.66. The highest BCUT2D eigenvalue weighted by atomic mass is 16.5. The zero-order chi connectivity index (χ0) is 31.3. The minimum atomic E-state index is -0.588. The summed E-state index contributed by atoms with van der Waals surface area (Å²) in [7, 11) is 0. The fraction of sp³-hybridized carbons (Fsp3) is 0.939. The molecule has 1 saturated carbocycles. The quantitative estimate of drug-likeness (QED) is 0.213. The number of rotatable bonds is 11. The Balaban J connectivity index is 0.922. The molecule has 0 spiro atoms. The summed E-state index contributed by atoms with van der Waals surface area (Å²) in [5.74, 6) is 1.45. The van der Waals surface area contributed by atoms with Crippen molar-refractivity contribution in [1.29, 1.82) is 0 Å². The number of nitrogens with one attached hydrogen (secondary N) is 4. The van der Waals surface area contributed by atoms with Gasteiger partial charge in [-0.1, -0.05) is 6.42 Å². The predicted octanol–water partition coefficient (Wildman–Crippen LogP) is 0.0580. The van der Waals surface area contributed by atoms with Gasteiger partial charge in [0.25, 0.3) is 0 Å². The van der Waals surface area contributed by atoms with Gasteiger partial charge in [0.2, 0.25) is 11.8 Å². The molecule has 12 heteroatoms. The molecule has 2 amide bonds. The summed E-state index contributed by atoms with van der Waals surface area (Å²) in [6.45, 7) is 11.6. The van der Waals surface area contributed by atoms with Gasteiger partial charge in [-0.3, -0.25) is 25.1 Å². The molecule has 256 valence electrons. The van der Waals surface area contributed by atoms with Gasteiger partial charge in [-0.25, -0.2) is 0 Å². The van der Waals surface area contributed by atoms with E-state index < -0.39 is 6.10 Å². The minimum absolute atomic E-state index is 0.0215. The van der Waals surface area contributed by atoms with Crippen molar-refractivity contribution < 1.29 is 24.2 Å². The minimum Gasteiger partial charge on any atom is -0.390 e. The summed E-state index contributed by atoms with van der Waals surface area (Å²) in [6, 6.07) is 0.566. The van der Waals surface area contributed by atoms with E-state index in [0.29, 0.717) is 56.3 Å². The first-order valence-electron chi connectivity index (χ1n) is 18.0. The zero-order valence-corrected chi connectivity index (χ0v) is 27.6. The predicted molar refractivity (Wildman–Crippen MR) is 171 cm³/mol. The number of β-amino-alcohol motifs (C(OH)–C–C–N with tert-alkyl or cyclic N) is 1. The first kappa shape index (κ1) is 33.5. The summed E-state index contributed by atoms with van der Waals surface area (Å²) in [5, 5.41) is 24.8. The van der Waals surface area contributed by atoms with Gasteiger partial charge >= 0.3 is 0 Å². The van der Waals surface area contributed by atoms with Gasteiger partial charge in [-0.2, -0.15) is 0 Å². The third kappa shape index (κ3) is 8.95. The average Bonchev–Trinajstić information content (AvgIpc) is 3.44. The molecular weight excluding hydrogens is 574 g/mol. The van der Waals surface area contributed by atoms with Crippen LogP contribution in [0.15, 0.2) is 0 Å². The second kappa shape index (κ2) is 15.7. The topological polar surface area (TPSA) is 131 Å². The number of amides is 2. The second-order valence-electron chi connectivity index (χ2n) is 14.9. The third-order valence-electron chi connectivity index (χ3n) is 11.5. The molecule has 5 aliphatic heterocycles. The van der Waals surface area contributed by atoms with Crippen LogP contribution in [-0.2, 0) is 19.1 Å². The molecule has 9 atom stereocenters. The smallest absolute Gasteiger partial charge is 0.237 e. The van der Waals surface area contributed by atoms with Crippen LogP contribution in [0.1, 0.15) is 71.6 Å². The average molecular weight is 634 g/mol. The van der Waals surface area contributed by atoms with Gasteiger partial charge in [-0.05, 0) is 89.8 Å². The molecule has 5 heterocycles. The van der Waals surface area contributed by atoms with E-state index in [-0.39, 0.29) is 42.7 Å². The Hall–Kier alpha value is -1.38. The second-order valence-corrected chi connectivity index (χ2v) is 14.9. The Kier molecular flexibility index (Phi) is 11.7. The number of ether oxygens (including phenoxy) is 2. The largest absolute Gasteiger partial charge is 0.390 e. The molecule has 0 aromatic heterocycles. The number of piperidine rings is 3. The monoisotopic (exact) mass is 633 g/mol. The number of fused-ring (bicyclic) bond motifs is 1. The molecule has 0 radical (unpaired) electrons. The fourth-order valence-corrected chi connectivity index (χ4v) is 8.65. The molecule has 45 heavy (non-hydrogen) atoms. The summed E-state index contributed by atoms with van der Waals surface area (Å²) in [4.78, 5) is 31.8. The van der Waals surface area contributed by atoms with E-state index in [0.717, 1.165) is 65.0 Å². The molecule has 0 aromatic rings. The fourth-order valence-electron chi connectivity index (χ4n) is 8.65. The molecule has 0 bridgehead atoms. The van der Waals surface area contributed by atoms with Crippen LogP contribution in [-0.4, -0.2) is 146 Å². The molecule has 6 rings (SSSR count). The van der Waals surface area contributed by atoms with Crippen molar-refractivity contribution >= 4 is 11.8 Å². The number of carbonyl (C=O) groups excluding carboxylic acids is 2. The number of aliphatic hydroxyl groups excluding tert-OH is 1. The normalized spacial score (nSPS) is 37.5. The van der Waals surface area contributed by atoms with E-state index in [2.05, 4.69) is 38.0 Å². The number of aliphatic hydroxyl groups is 1. The van der Waals surface area contributed by atoms with Crippen LogP contribution in [0, 0.1) is 11.8 Å². The summed E-state index contributed by atoms with van der Waals surface area (Å²) >= 11 is 0. The van der Waals surface area contributed by atoms with Crippen molar-refractivity contribution in [3.05, 3.63) is 0 Å². The number of hydrogen-bond donors (Lipinski definition) is 5. The van der Waals surface area contributed by atoms with Crippen LogP contribution in [0.5, 0.6) is 0 Å². The lowest BCUT2D eigenvalue weighted by molar-refractivity contribution is -0.133. The molecule has 0 aromatic carbocycles. The van der Waals surface area contributed by atoms with Gasteiger partial charge in [-0.15, -0.1) is 0 Å². The van der Waals surface area contributed by atoms with E-state index in [9.17, 15) is 14.7 Å². The maximum Gasteiger partial charge on any atom is 0.237 e. The molecule has 6 aliphatic rings. The van der Waals surface area contributed by atoms with Gasteiger partial charge in [0, 0.05) is 57.8 Å². The molecule has 5 N–H and O–H groups in total. The Morgan fingerprint density at radius 1 is 1.00 bits per heavy atom. The molecule has 6 fully saturated rings. The van der Waals surface area contributed by atoms with Crippen molar-refractivity contribution in [3.8, 4) is 0 Å². The maximum absolute atomic E-state index is 13.4. The Morgan fingerprint density at radius 3 is 2.58 bits per heavy atom. The van der Waals surface area contributed by atoms with Gasteiger partial charge in [0.1, 0.15) is 0 Å². The van der Waals surface area contributed by atoms with Crippen LogP contribution >= 0.6 is 0 Å². The van der Waals surface area contributed by atoms with Crippen molar-refractivity contribution in [1.82, 2.24) is 36.0 Å². The molecule has 5 saturated heterocycles. The highest BCUT2D eigenvalue weighted by molar-refractivity contribution is 5.82. The van der Waals surface area contributed by atoms with E-state index in [1.165, 1.54) is 25.7 Å². The van der Waals surface area contributed by atoms with Crippen LogP contribution in [0.4, 0.5) is 0 Å². The maximum atomic E-state index is 13.4. The van der Waals surface area contributed by atoms with Gasteiger partial charge < -0.3 is 35.0 Å². The van der Waals surface area contributed by atoms with Crippen LogP contribution in [0.2, 0.25) is 0 Å². The lowest BCUT2D eigenvalue weighted by Gasteiger charge is -2.46. The highest BCUT2D eigenvalue weighted by Crippen LogP contribution is 2.37. The number of likely N-dealkylation sites (tertiary alicyclic amines) is 3. The summed E-state index contributed by atoms with van der Waals surface area (Å²) in [6.07, 6.45) is 9.96. The SMILES string of the molecule is CC(=O)N1CC(NC2CC(C(=O)NCC(O)CN3CCC4CC(OCC5OCNC5C)CCC4C3)NC(N3CCCCC3)C2)C1. The van der Waals surface area contributed by atoms with Crippen molar-refractivity contribution in [2.75, 3.05) is 65.7 Å². The zero-order valence-electron chi connectivity index (χ0n) is 27.6. The summed E-state index contributed by atoms with van der Waals surface area (Å²) in [5.41, 5.74) is 0. The van der Waals surface area contributed by atoms with Gasteiger partial charge in [0.15, 0.2) is 0 Å². The van der Waals surface area contributed by atoms with Crippen molar-refractivity contribution in [2.45, 2.75) is 120 Å². The van der Waals surface area contributed by atoms with Crippen molar-refractivity contribution in [3.63, 3.8) is 0 Å². The van der Waals surface area contributed by atoms with E-state index >= 15 is 0 Å². The Labute approximate surface area is 269 Å². The van der Waals surface area contributed by atoms with Gasteiger partial charge in [0.05, 0.1) is 43.9 Å².